The van der Waals surface area contributed by atoms with Gasteiger partial charge >= 0.3 is 6.03 Å². The Bertz CT molecular complexity index is 1190. The number of amides is 4. The third-order valence-corrected chi connectivity index (χ3v) is 7.37. The Morgan fingerprint density at radius 1 is 0.875 bits per heavy atom. The molecule has 2 aliphatic rings. The minimum absolute atomic E-state index is 0.175. The first kappa shape index (κ1) is 29.1. The molecule has 4 amide bonds. The summed E-state index contributed by atoms with van der Waals surface area (Å²) in [7, 11) is 1.57. The molecule has 40 heavy (non-hydrogen) atoms. The highest BCUT2D eigenvalue weighted by atomic mass is 16.6. The number of epoxide rings is 1. The molecule has 0 saturated carbocycles. The molecule has 0 spiro atoms. The number of methoxy groups -OCH3 is 1. The third-order valence-electron chi connectivity index (χ3n) is 7.37. The lowest BCUT2D eigenvalue weighted by Gasteiger charge is -2.26. The fourth-order valence-corrected chi connectivity index (χ4v) is 4.72. The van der Waals surface area contributed by atoms with E-state index in [2.05, 4.69) is 16.0 Å². The van der Waals surface area contributed by atoms with E-state index in [4.69, 9.17) is 9.47 Å². The lowest BCUT2D eigenvalue weighted by atomic mass is 9.94. The van der Waals surface area contributed by atoms with Crippen molar-refractivity contribution in [2.24, 2.45) is 0 Å². The second-order valence-electron chi connectivity index (χ2n) is 10.6. The zero-order chi connectivity index (χ0) is 28.7. The standard InChI is InChI=1S/C30H38N4O6/c1-20(31-29(38)34-15-7-8-16-34)27(36)33-25(18-22-11-13-23(39-3)14-12-22)28(37)32-24(26(35)30(2)19-40-30)17-21-9-5-4-6-10-21/h4-6,9-14,20,24-25H,7-8,15-19H2,1-3H3,(H,31,38)(H,32,37)(H,33,36)/t20-,24+,25+,30-/m1/s1. The van der Waals surface area contributed by atoms with E-state index in [-0.39, 0.29) is 24.7 Å². The average Bonchev–Trinajstić information content (AvgIpc) is 3.47. The van der Waals surface area contributed by atoms with Crippen LogP contribution >= 0.6 is 0 Å². The zero-order valence-corrected chi connectivity index (χ0v) is 23.3. The van der Waals surface area contributed by atoms with Crippen molar-refractivity contribution in [3.05, 3.63) is 65.7 Å². The number of ketones is 1. The van der Waals surface area contributed by atoms with Crippen LogP contribution in [0.25, 0.3) is 0 Å². The number of rotatable bonds is 12. The Hall–Kier alpha value is -3.92. The van der Waals surface area contributed by atoms with Crippen molar-refractivity contribution >= 4 is 23.6 Å². The van der Waals surface area contributed by atoms with Gasteiger partial charge in [0.25, 0.3) is 0 Å². The minimum Gasteiger partial charge on any atom is -0.497 e. The van der Waals surface area contributed by atoms with E-state index in [0.717, 1.165) is 24.0 Å². The lowest BCUT2D eigenvalue weighted by Crippen LogP contribution is -2.57. The average molecular weight is 551 g/mol. The molecule has 2 fully saturated rings. The minimum atomic E-state index is -0.994. The number of hydrogen-bond acceptors (Lipinski definition) is 6. The molecule has 2 aromatic rings. The number of likely N-dealkylation sites (tertiary alicyclic amines) is 1. The van der Waals surface area contributed by atoms with Crippen LogP contribution in [0.2, 0.25) is 0 Å². The summed E-state index contributed by atoms with van der Waals surface area (Å²) in [6.45, 7) is 4.90. The summed E-state index contributed by atoms with van der Waals surface area (Å²) in [5.74, 6) is -0.547. The molecule has 2 heterocycles. The van der Waals surface area contributed by atoms with Crippen LogP contribution in [-0.4, -0.2) is 79.1 Å². The van der Waals surface area contributed by atoms with E-state index in [1.54, 1.807) is 38.0 Å². The van der Waals surface area contributed by atoms with Crippen LogP contribution in [0.5, 0.6) is 5.75 Å². The molecule has 0 aromatic heterocycles. The highest BCUT2D eigenvalue weighted by Crippen LogP contribution is 2.29. The molecule has 4 atom stereocenters. The maximum Gasteiger partial charge on any atom is 0.318 e. The highest BCUT2D eigenvalue weighted by molar-refractivity contribution is 5.98. The van der Waals surface area contributed by atoms with Crippen molar-refractivity contribution < 1.29 is 28.7 Å². The Morgan fingerprint density at radius 3 is 2.05 bits per heavy atom. The van der Waals surface area contributed by atoms with Gasteiger partial charge in [0.1, 0.15) is 23.4 Å². The van der Waals surface area contributed by atoms with Crippen molar-refractivity contribution in [1.82, 2.24) is 20.9 Å². The van der Waals surface area contributed by atoms with Gasteiger partial charge in [-0.15, -0.1) is 0 Å². The van der Waals surface area contributed by atoms with Crippen molar-refractivity contribution in [1.29, 1.82) is 0 Å². The van der Waals surface area contributed by atoms with Crippen LogP contribution in [0.15, 0.2) is 54.6 Å². The number of nitrogens with one attached hydrogen (secondary N) is 3. The fraction of sp³-hybridized carbons (Fsp3) is 0.467. The summed E-state index contributed by atoms with van der Waals surface area (Å²) < 4.78 is 10.6. The molecule has 4 rings (SSSR count). The maximum absolute atomic E-state index is 13.7. The maximum atomic E-state index is 13.7. The predicted molar refractivity (Wildman–Crippen MR) is 149 cm³/mol. The number of nitrogens with zero attached hydrogens (tertiary/aromatic N) is 1. The molecule has 2 saturated heterocycles. The first-order chi connectivity index (χ1) is 19.2. The van der Waals surface area contributed by atoms with Gasteiger partial charge in [0, 0.05) is 19.5 Å². The van der Waals surface area contributed by atoms with Gasteiger partial charge in [0.15, 0.2) is 5.78 Å². The monoisotopic (exact) mass is 550 g/mol. The molecular weight excluding hydrogens is 512 g/mol. The largest absolute Gasteiger partial charge is 0.497 e. The predicted octanol–water partition coefficient (Wildman–Crippen LogP) is 2.00. The number of urea groups is 1. The van der Waals surface area contributed by atoms with E-state index in [9.17, 15) is 19.2 Å². The fourth-order valence-electron chi connectivity index (χ4n) is 4.72. The summed E-state index contributed by atoms with van der Waals surface area (Å²) in [5, 5.41) is 8.40. The van der Waals surface area contributed by atoms with Gasteiger partial charge in [-0.2, -0.15) is 0 Å². The number of benzene rings is 2. The van der Waals surface area contributed by atoms with Crippen LogP contribution < -0.4 is 20.7 Å². The third kappa shape index (κ3) is 7.59. The Kier molecular flexibility index (Phi) is 9.42. The lowest BCUT2D eigenvalue weighted by molar-refractivity contribution is -0.133. The van der Waals surface area contributed by atoms with E-state index >= 15 is 0 Å². The normalized spacial score (nSPS) is 20.1. The Balaban J connectivity index is 1.50. The van der Waals surface area contributed by atoms with Crippen LogP contribution in [0.4, 0.5) is 4.79 Å². The van der Waals surface area contributed by atoms with Crippen molar-refractivity contribution in [2.75, 3.05) is 26.8 Å². The van der Waals surface area contributed by atoms with Gasteiger partial charge < -0.3 is 30.3 Å². The molecule has 10 heteroatoms. The molecule has 3 N–H and O–H groups in total. The van der Waals surface area contributed by atoms with Gasteiger partial charge in [-0.3, -0.25) is 14.4 Å². The Labute approximate surface area is 234 Å². The number of hydrogen-bond donors (Lipinski definition) is 3. The molecule has 2 aromatic carbocycles. The molecule has 0 aliphatic carbocycles. The molecule has 2 aliphatic heterocycles. The number of carbonyl (C=O) groups is 4. The van der Waals surface area contributed by atoms with E-state index < -0.39 is 35.5 Å². The SMILES string of the molecule is COc1ccc(C[C@H](NC(=O)[C@@H](C)NC(=O)N2CCCC2)C(=O)N[C@@H](Cc2ccccc2)C(=O)[C@@]2(C)CO2)cc1. The molecule has 0 bridgehead atoms. The Morgan fingerprint density at radius 2 is 1.45 bits per heavy atom. The summed E-state index contributed by atoms with van der Waals surface area (Å²) >= 11 is 0. The van der Waals surface area contributed by atoms with Crippen LogP contribution in [-0.2, 0) is 32.0 Å². The second-order valence-corrected chi connectivity index (χ2v) is 10.6. The van der Waals surface area contributed by atoms with Crippen molar-refractivity contribution in [2.45, 2.75) is 63.3 Å². The number of carbonyl (C=O) groups excluding carboxylic acids is 4. The summed E-state index contributed by atoms with van der Waals surface area (Å²) in [6, 6.07) is 13.6. The van der Waals surface area contributed by atoms with E-state index in [0.29, 0.717) is 25.4 Å². The highest BCUT2D eigenvalue weighted by Gasteiger charge is 2.50. The van der Waals surface area contributed by atoms with Crippen LogP contribution in [0.3, 0.4) is 0 Å². The van der Waals surface area contributed by atoms with Gasteiger partial charge in [-0.1, -0.05) is 42.5 Å². The molecule has 10 nitrogen and oxygen atoms in total. The van der Waals surface area contributed by atoms with E-state index in [1.165, 1.54) is 0 Å². The van der Waals surface area contributed by atoms with E-state index in [1.807, 2.05) is 42.5 Å². The number of Topliss-reactive ketones (excluding diaryl/α,β-unsaturated/α-hetero) is 1. The first-order valence-corrected chi connectivity index (χ1v) is 13.7. The smallest absolute Gasteiger partial charge is 0.318 e. The van der Waals surface area contributed by atoms with Gasteiger partial charge in [-0.05, 0) is 56.4 Å². The van der Waals surface area contributed by atoms with Crippen LogP contribution in [0, 0.1) is 0 Å². The van der Waals surface area contributed by atoms with Crippen molar-refractivity contribution in [3.8, 4) is 5.75 Å². The topological polar surface area (TPSA) is 129 Å². The van der Waals surface area contributed by atoms with Crippen LogP contribution in [0.1, 0.15) is 37.8 Å². The molecule has 0 unspecified atom stereocenters. The van der Waals surface area contributed by atoms with Gasteiger partial charge in [0.2, 0.25) is 11.8 Å². The second kappa shape index (κ2) is 13.0. The molecule has 0 radical (unpaired) electrons. The number of ether oxygens (including phenoxy) is 2. The summed E-state index contributed by atoms with van der Waals surface area (Å²) in [6.07, 6.45) is 2.33. The van der Waals surface area contributed by atoms with Crippen molar-refractivity contribution in [3.63, 3.8) is 0 Å². The summed E-state index contributed by atoms with van der Waals surface area (Å²) in [4.78, 5) is 54.3. The molecular formula is C30H38N4O6. The zero-order valence-electron chi connectivity index (χ0n) is 23.3. The summed E-state index contributed by atoms with van der Waals surface area (Å²) in [5.41, 5.74) is 0.744. The quantitative estimate of drug-likeness (QED) is 0.347. The molecule has 214 valence electrons. The van der Waals surface area contributed by atoms with Gasteiger partial charge in [-0.25, -0.2) is 4.79 Å². The first-order valence-electron chi connectivity index (χ1n) is 13.7. The van der Waals surface area contributed by atoms with Gasteiger partial charge in [0.05, 0.1) is 19.8 Å².